The van der Waals surface area contributed by atoms with Crippen molar-refractivity contribution < 1.29 is 9.53 Å². The Morgan fingerprint density at radius 1 is 1.09 bits per heavy atom. The van der Waals surface area contributed by atoms with Gasteiger partial charge in [0.1, 0.15) is 11.9 Å². The number of hydrogen-bond donors (Lipinski definition) is 0. The summed E-state index contributed by atoms with van der Waals surface area (Å²) in [5, 5.41) is 2.77. The summed E-state index contributed by atoms with van der Waals surface area (Å²) in [6.07, 6.45) is 3.94. The van der Waals surface area contributed by atoms with E-state index in [1.165, 1.54) is 10.4 Å². The van der Waals surface area contributed by atoms with E-state index in [1.54, 1.807) is 11.3 Å². The zero-order chi connectivity index (χ0) is 22.8. The zero-order valence-electron chi connectivity index (χ0n) is 18.7. The fraction of sp³-hybridized carbons (Fsp3) is 0.370. The van der Waals surface area contributed by atoms with E-state index in [4.69, 9.17) is 16.3 Å². The van der Waals surface area contributed by atoms with Crippen molar-refractivity contribution in [3.8, 4) is 5.75 Å². The molecule has 2 saturated heterocycles. The molecule has 2 fully saturated rings. The number of hydrogen-bond acceptors (Lipinski definition) is 4. The lowest BCUT2D eigenvalue weighted by atomic mass is 9.98. The van der Waals surface area contributed by atoms with Gasteiger partial charge in [-0.2, -0.15) is 11.8 Å². The highest BCUT2D eigenvalue weighted by atomic mass is 35.5. The van der Waals surface area contributed by atoms with Crippen LogP contribution in [0.5, 0.6) is 5.75 Å². The second kappa shape index (κ2) is 10.1. The lowest BCUT2D eigenvalue weighted by Gasteiger charge is -2.39. The van der Waals surface area contributed by atoms with E-state index >= 15 is 0 Å². The number of aryl methyl sites for hydroxylation is 1. The third-order valence-electron chi connectivity index (χ3n) is 6.60. The molecule has 5 rings (SSSR count). The highest BCUT2D eigenvalue weighted by molar-refractivity contribution is 7.97. The van der Waals surface area contributed by atoms with Crippen LogP contribution in [0.4, 0.5) is 0 Å². The van der Waals surface area contributed by atoms with Gasteiger partial charge in [0.25, 0.3) is 5.91 Å². The molecule has 3 heterocycles. The van der Waals surface area contributed by atoms with Gasteiger partial charge in [0.2, 0.25) is 0 Å². The summed E-state index contributed by atoms with van der Waals surface area (Å²) in [4.78, 5) is 16.9. The van der Waals surface area contributed by atoms with Gasteiger partial charge in [0.15, 0.2) is 0 Å². The summed E-state index contributed by atoms with van der Waals surface area (Å²) in [6.45, 7) is 2.04. The molecule has 0 radical (unpaired) electrons. The van der Waals surface area contributed by atoms with Crippen LogP contribution >= 0.6 is 34.7 Å². The van der Waals surface area contributed by atoms with Crippen LogP contribution in [0, 0.1) is 6.92 Å². The first-order valence-electron chi connectivity index (χ1n) is 11.5. The summed E-state index contributed by atoms with van der Waals surface area (Å²) < 4.78 is 6.29. The molecule has 0 N–H and O–H groups in total. The molecule has 0 aliphatic carbocycles. The van der Waals surface area contributed by atoms with Gasteiger partial charge in [-0.3, -0.25) is 4.79 Å². The van der Waals surface area contributed by atoms with Gasteiger partial charge in [-0.25, -0.2) is 0 Å². The summed E-state index contributed by atoms with van der Waals surface area (Å²) >= 11 is 10.1. The molecule has 2 unspecified atom stereocenters. The van der Waals surface area contributed by atoms with Gasteiger partial charge in [-0.05, 0) is 66.6 Å². The Bertz CT molecular complexity index is 1090. The van der Waals surface area contributed by atoms with Gasteiger partial charge >= 0.3 is 0 Å². The number of piperidine rings is 1. The van der Waals surface area contributed by atoms with E-state index in [1.807, 2.05) is 49.0 Å². The quantitative estimate of drug-likeness (QED) is 0.341. The van der Waals surface area contributed by atoms with E-state index in [0.29, 0.717) is 5.02 Å². The molecule has 6 heteroatoms. The number of benzene rings is 2. The third kappa shape index (κ3) is 5.26. The number of amides is 1. The first-order valence-corrected chi connectivity index (χ1v) is 13.9. The molecule has 3 aromatic rings. The fourth-order valence-electron chi connectivity index (χ4n) is 4.99. The smallest absolute Gasteiger partial charge is 0.254 e. The van der Waals surface area contributed by atoms with Gasteiger partial charge < -0.3 is 9.64 Å². The van der Waals surface area contributed by atoms with Crippen molar-refractivity contribution in [2.75, 3.05) is 0 Å². The van der Waals surface area contributed by atoms with Crippen LogP contribution < -0.4 is 4.74 Å². The summed E-state index contributed by atoms with van der Waals surface area (Å²) in [5.41, 5.74) is 3.19. The van der Waals surface area contributed by atoms with Crippen molar-refractivity contribution in [3.63, 3.8) is 0 Å². The second-order valence-corrected chi connectivity index (χ2v) is 11.4. The Morgan fingerprint density at radius 3 is 2.55 bits per heavy atom. The van der Waals surface area contributed by atoms with Crippen molar-refractivity contribution in [1.82, 2.24) is 4.90 Å². The molecule has 1 aromatic heterocycles. The topological polar surface area (TPSA) is 29.5 Å². The Balaban J connectivity index is 1.19. The number of halogens is 1. The summed E-state index contributed by atoms with van der Waals surface area (Å²) in [6, 6.07) is 18.9. The number of carbonyl (C=O) groups is 1. The van der Waals surface area contributed by atoms with E-state index in [2.05, 4.69) is 34.5 Å². The van der Waals surface area contributed by atoms with Crippen molar-refractivity contribution in [2.45, 2.75) is 62.3 Å². The van der Waals surface area contributed by atoms with E-state index in [-0.39, 0.29) is 24.1 Å². The monoisotopic (exact) mass is 497 g/mol. The number of ether oxygens (including phenoxy) is 1. The largest absolute Gasteiger partial charge is 0.489 e. The van der Waals surface area contributed by atoms with Gasteiger partial charge in [-0.1, -0.05) is 35.9 Å². The standard InChI is InChI=1S/C27H28ClNO2S2/c1-18-4-11-25(28)26(13-18)31-23-14-21-9-10-22(15-23)29(21)27(30)20-7-5-19(6-8-20)16-32-17-24-3-2-12-33-24/h2-8,11-13,21-23H,9-10,14-17H2,1H3. The number of fused-ring (bicyclic) bond motifs is 2. The molecule has 0 spiro atoms. The van der Waals surface area contributed by atoms with E-state index in [9.17, 15) is 4.79 Å². The minimum absolute atomic E-state index is 0.105. The first-order chi connectivity index (χ1) is 16.1. The van der Waals surface area contributed by atoms with Crippen molar-refractivity contribution in [2.24, 2.45) is 0 Å². The number of rotatable bonds is 7. The summed E-state index contributed by atoms with van der Waals surface area (Å²) in [7, 11) is 0. The van der Waals surface area contributed by atoms with Gasteiger partial charge in [0, 0.05) is 46.9 Å². The second-order valence-electron chi connectivity index (χ2n) is 9.01. The average Bonchev–Trinajstić information content (AvgIpc) is 3.42. The third-order valence-corrected chi connectivity index (χ3v) is 9.02. The van der Waals surface area contributed by atoms with Crippen LogP contribution in [0.25, 0.3) is 0 Å². The number of carbonyl (C=O) groups excluding carboxylic acids is 1. The number of thiophene rings is 1. The highest BCUT2D eigenvalue weighted by Gasteiger charge is 2.44. The van der Waals surface area contributed by atoms with Crippen LogP contribution in [0.2, 0.25) is 5.02 Å². The Labute approximate surface area is 209 Å². The molecular formula is C27H28ClNO2S2. The molecule has 0 saturated carbocycles. The molecule has 172 valence electrons. The van der Waals surface area contributed by atoms with Crippen LogP contribution in [-0.4, -0.2) is 29.0 Å². The molecule has 3 nitrogen and oxygen atoms in total. The van der Waals surface area contributed by atoms with E-state index < -0.39 is 0 Å². The lowest BCUT2D eigenvalue weighted by molar-refractivity contribution is 0.0359. The van der Waals surface area contributed by atoms with Crippen molar-refractivity contribution >= 4 is 40.6 Å². The van der Waals surface area contributed by atoms with E-state index in [0.717, 1.165) is 54.1 Å². The normalized spacial score (nSPS) is 21.9. The predicted molar refractivity (Wildman–Crippen MR) is 139 cm³/mol. The zero-order valence-corrected chi connectivity index (χ0v) is 21.1. The Morgan fingerprint density at radius 2 is 1.85 bits per heavy atom. The molecule has 2 aliphatic rings. The molecule has 2 aromatic carbocycles. The minimum Gasteiger partial charge on any atom is -0.489 e. The lowest BCUT2D eigenvalue weighted by Crippen LogP contribution is -2.49. The fourth-order valence-corrected chi connectivity index (χ4v) is 6.99. The van der Waals surface area contributed by atoms with Crippen LogP contribution in [0.1, 0.15) is 52.0 Å². The molecular weight excluding hydrogens is 470 g/mol. The number of thioether (sulfide) groups is 1. The average molecular weight is 498 g/mol. The molecule has 2 aliphatic heterocycles. The molecule has 1 amide bonds. The van der Waals surface area contributed by atoms with Crippen molar-refractivity contribution in [1.29, 1.82) is 0 Å². The molecule has 33 heavy (non-hydrogen) atoms. The molecule has 2 bridgehead atoms. The van der Waals surface area contributed by atoms with Gasteiger partial charge in [-0.15, -0.1) is 11.3 Å². The van der Waals surface area contributed by atoms with Crippen LogP contribution in [0.15, 0.2) is 60.0 Å². The Kier molecular flexibility index (Phi) is 7.00. The predicted octanol–water partition coefficient (Wildman–Crippen LogP) is 7.36. The van der Waals surface area contributed by atoms with Crippen molar-refractivity contribution in [3.05, 3.63) is 86.6 Å². The maximum absolute atomic E-state index is 13.4. The number of nitrogens with zero attached hydrogens (tertiary/aromatic N) is 1. The van der Waals surface area contributed by atoms with Crippen LogP contribution in [0.3, 0.4) is 0 Å². The SMILES string of the molecule is Cc1ccc(Cl)c(OC2CC3CCC(C2)N3C(=O)c2ccc(CSCc3cccs3)cc2)c1. The highest BCUT2D eigenvalue weighted by Crippen LogP contribution is 2.39. The Hall–Kier alpha value is -1.95. The maximum atomic E-state index is 13.4. The van der Waals surface area contributed by atoms with Crippen LogP contribution in [-0.2, 0) is 11.5 Å². The molecule has 2 atom stereocenters. The minimum atomic E-state index is 0.105. The first kappa shape index (κ1) is 22.8. The summed E-state index contributed by atoms with van der Waals surface area (Å²) in [5.74, 6) is 2.91. The van der Waals surface area contributed by atoms with Gasteiger partial charge in [0.05, 0.1) is 5.02 Å². The maximum Gasteiger partial charge on any atom is 0.254 e.